The number of halogens is 2. The smallest absolute Gasteiger partial charge is 0.231 e. The molecule has 2 aliphatic heterocycles. The summed E-state index contributed by atoms with van der Waals surface area (Å²) in [6.45, 7) is 0.154. The van der Waals surface area contributed by atoms with Gasteiger partial charge in [0.15, 0.2) is 11.5 Å². The average Bonchev–Trinajstić information content (AvgIpc) is 3.05. The van der Waals surface area contributed by atoms with Gasteiger partial charge in [-0.3, -0.25) is 0 Å². The number of nitrogens with zero attached hydrogens (tertiary/aromatic N) is 1. The molecule has 4 rings (SSSR count). The number of nitrogens with two attached hydrogens (primary N) is 1. The minimum absolute atomic E-state index is 0.0831. The molecule has 6 nitrogen and oxygen atoms in total. The van der Waals surface area contributed by atoms with Crippen LogP contribution in [0.5, 0.6) is 23.0 Å². The zero-order valence-corrected chi connectivity index (χ0v) is 17.8. The van der Waals surface area contributed by atoms with Crippen LogP contribution in [0.25, 0.3) is 0 Å². The first-order chi connectivity index (χ1) is 12.5. The van der Waals surface area contributed by atoms with Gasteiger partial charge < -0.3 is 24.7 Å². The minimum atomic E-state index is -0.420. The molecular formula is C18H12I2N2O4. The third-order valence-electron chi connectivity index (χ3n) is 4.26. The first-order valence-corrected chi connectivity index (χ1v) is 9.73. The summed E-state index contributed by atoms with van der Waals surface area (Å²) in [5.41, 5.74) is 8.04. The number of rotatable bonds is 2. The molecule has 2 aromatic rings. The predicted molar refractivity (Wildman–Crippen MR) is 110 cm³/mol. The Labute approximate surface area is 177 Å². The van der Waals surface area contributed by atoms with Crippen LogP contribution in [0.4, 0.5) is 0 Å². The summed E-state index contributed by atoms with van der Waals surface area (Å²) in [6, 6.07) is 9.80. The van der Waals surface area contributed by atoms with Gasteiger partial charge in [0, 0.05) is 20.8 Å². The number of fused-ring (bicyclic) bond motifs is 2. The lowest BCUT2D eigenvalue weighted by Gasteiger charge is -2.28. The van der Waals surface area contributed by atoms with Gasteiger partial charge in [-0.1, -0.05) is 0 Å². The number of methoxy groups -OCH3 is 1. The molecular weight excluding hydrogens is 562 g/mol. The molecule has 2 heterocycles. The molecule has 132 valence electrons. The third kappa shape index (κ3) is 2.73. The fourth-order valence-electron chi connectivity index (χ4n) is 3.18. The molecule has 0 spiro atoms. The van der Waals surface area contributed by atoms with Crippen LogP contribution in [-0.4, -0.2) is 13.9 Å². The molecule has 0 bridgehead atoms. The van der Waals surface area contributed by atoms with Crippen LogP contribution in [0.2, 0.25) is 0 Å². The molecule has 0 saturated carbocycles. The summed E-state index contributed by atoms with van der Waals surface area (Å²) in [7, 11) is 1.62. The van der Waals surface area contributed by atoms with Crippen molar-refractivity contribution >= 4 is 45.2 Å². The van der Waals surface area contributed by atoms with Crippen LogP contribution in [0.1, 0.15) is 17.0 Å². The second kappa shape index (κ2) is 6.70. The number of hydrogen-bond acceptors (Lipinski definition) is 6. The first-order valence-electron chi connectivity index (χ1n) is 7.57. The molecule has 0 aliphatic carbocycles. The summed E-state index contributed by atoms with van der Waals surface area (Å²) >= 11 is 4.47. The molecule has 0 saturated heterocycles. The van der Waals surface area contributed by atoms with Gasteiger partial charge >= 0.3 is 0 Å². The van der Waals surface area contributed by atoms with E-state index in [-0.39, 0.29) is 12.7 Å². The quantitative estimate of drug-likeness (QED) is 0.549. The van der Waals surface area contributed by atoms with Gasteiger partial charge in [0.2, 0.25) is 12.7 Å². The maximum Gasteiger partial charge on any atom is 0.231 e. The Morgan fingerprint density at radius 2 is 1.85 bits per heavy atom. The summed E-state index contributed by atoms with van der Waals surface area (Å²) in [5.74, 6) is 2.14. The Morgan fingerprint density at radius 3 is 2.54 bits per heavy atom. The van der Waals surface area contributed by atoms with Crippen LogP contribution in [0.15, 0.2) is 35.7 Å². The lowest BCUT2D eigenvalue weighted by molar-refractivity contribution is 0.174. The van der Waals surface area contributed by atoms with Gasteiger partial charge in [0.25, 0.3) is 0 Å². The first kappa shape index (κ1) is 17.5. The van der Waals surface area contributed by atoms with E-state index in [2.05, 4.69) is 51.3 Å². The molecule has 1 atom stereocenters. The highest BCUT2D eigenvalue weighted by Gasteiger charge is 2.35. The van der Waals surface area contributed by atoms with Crippen LogP contribution in [-0.2, 0) is 0 Å². The predicted octanol–water partition coefficient (Wildman–Crippen LogP) is 3.85. The molecule has 26 heavy (non-hydrogen) atoms. The number of ether oxygens (including phenoxy) is 4. The maximum absolute atomic E-state index is 9.75. The molecule has 2 aliphatic rings. The van der Waals surface area contributed by atoms with E-state index >= 15 is 0 Å². The van der Waals surface area contributed by atoms with Crippen molar-refractivity contribution in [1.82, 2.24) is 0 Å². The van der Waals surface area contributed by atoms with Crippen molar-refractivity contribution in [3.8, 4) is 29.1 Å². The Hall–Kier alpha value is -1.87. The highest BCUT2D eigenvalue weighted by atomic mass is 127. The van der Waals surface area contributed by atoms with Crippen molar-refractivity contribution in [3.05, 3.63) is 54.0 Å². The van der Waals surface area contributed by atoms with Gasteiger partial charge in [-0.05, 0) is 63.4 Å². The van der Waals surface area contributed by atoms with Gasteiger partial charge in [-0.2, -0.15) is 5.26 Å². The van der Waals surface area contributed by atoms with Crippen molar-refractivity contribution in [2.45, 2.75) is 5.92 Å². The SMILES string of the molecule is COc1c(I)cc(I)cc1[C@H]1C(C#N)=C(N)Oc2cc3c(cc21)OCO3. The molecule has 0 fully saturated rings. The Morgan fingerprint density at radius 1 is 1.12 bits per heavy atom. The van der Waals surface area contributed by atoms with E-state index in [0.29, 0.717) is 28.6 Å². The second-order valence-corrected chi connectivity index (χ2v) is 8.09. The summed E-state index contributed by atoms with van der Waals surface area (Å²) in [5, 5.41) is 9.75. The Bertz CT molecular complexity index is 998. The molecule has 2 N–H and O–H groups in total. The average molecular weight is 574 g/mol. The maximum atomic E-state index is 9.75. The number of hydrogen-bond donors (Lipinski definition) is 1. The van der Waals surface area contributed by atoms with Crippen molar-refractivity contribution < 1.29 is 18.9 Å². The molecule has 0 aromatic heterocycles. The van der Waals surface area contributed by atoms with Gasteiger partial charge in [-0.25, -0.2) is 0 Å². The van der Waals surface area contributed by atoms with E-state index in [0.717, 1.165) is 18.3 Å². The summed E-state index contributed by atoms with van der Waals surface area (Å²) in [4.78, 5) is 0. The standard InChI is InChI=1S/C18H12I2N2O4/c1-23-17-10(2-8(19)3-12(17)20)16-9-4-14-15(25-7-24-14)5-13(9)26-18(22)11(16)6-21/h2-5,16H,7,22H2,1H3/t16-/m0/s1. The largest absolute Gasteiger partial charge is 0.495 e. The topological polar surface area (TPSA) is 86.7 Å². The summed E-state index contributed by atoms with van der Waals surface area (Å²) < 4.78 is 24.3. The Kier molecular flexibility index (Phi) is 4.52. The van der Waals surface area contributed by atoms with Gasteiger partial charge in [0.05, 0.1) is 16.6 Å². The zero-order chi connectivity index (χ0) is 18.4. The van der Waals surface area contributed by atoms with E-state index < -0.39 is 5.92 Å². The molecule has 0 unspecified atom stereocenters. The second-order valence-electron chi connectivity index (χ2n) is 5.68. The lowest BCUT2D eigenvalue weighted by Crippen LogP contribution is -2.21. The van der Waals surface area contributed by atoms with E-state index in [1.54, 1.807) is 13.2 Å². The Balaban J connectivity index is 2.00. The van der Waals surface area contributed by atoms with Crippen molar-refractivity contribution in [1.29, 1.82) is 5.26 Å². The monoisotopic (exact) mass is 574 g/mol. The number of nitriles is 1. The van der Waals surface area contributed by atoms with E-state index in [9.17, 15) is 5.26 Å². The number of allylic oxidation sites excluding steroid dienone is 1. The zero-order valence-electron chi connectivity index (χ0n) is 13.5. The fourth-order valence-corrected chi connectivity index (χ4v) is 5.29. The van der Waals surface area contributed by atoms with E-state index in [1.807, 2.05) is 18.2 Å². The van der Waals surface area contributed by atoms with E-state index in [4.69, 9.17) is 24.7 Å². The van der Waals surface area contributed by atoms with E-state index in [1.165, 1.54) is 0 Å². The van der Waals surface area contributed by atoms with Crippen LogP contribution < -0.4 is 24.7 Å². The van der Waals surface area contributed by atoms with Gasteiger partial charge in [0.1, 0.15) is 23.1 Å². The highest BCUT2D eigenvalue weighted by Crippen LogP contribution is 2.50. The van der Waals surface area contributed by atoms with Crippen molar-refractivity contribution in [3.63, 3.8) is 0 Å². The van der Waals surface area contributed by atoms with Crippen molar-refractivity contribution in [2.24, 2.45) is 5.73 Å². The third-order valence-corrected chi connectivity index (χ3v) is 5.69. The van der Waals surface area contributed by atoms with Crippen LogP contribution >= 0.6 is 45.2 Å². The van der Waals surface area contributed by atoms with Crippen LogP contribution in [0.3, 0.4) is 0 Å². The normalized spacial score (nSPS) is 17.4. The van der Waals surface area contributed by atoms with Gasteiger partial charge in [-0.15, -0.1) is 0 Å². The fraction of sp³-hybridized carbons (Fsp3) is 0.167. The highest BCUT2D eigenvalue weighted by molar-refractivity contribution is 14.1. The number of benzene rings is 2. The molecule has 8 heteroatoms. The summed E-state index contributed by atoms with van der Waals surface area (Å²) in [6.07, 6.45) is 0. The minimum Gasteiger partial charge on any atom is -0.495 e. The van der Waals surface area contributed by atoms with Crippen molar-refractivity contribution in [2.75, 3.05) is 13.9 Å². The molecule has 0 amide bonds. The lowest BCUT2D eigenvalue weighted by atomic mass is 9.83. The van der Waals surface area contributed by atoms with Crippen LogP contribution in [0, 0.1) is 18.5 Å². The molecule has 2 aromatic carbocycles. The molecule has 0 radical (unpaired) electrons.